The molecule has 2 heterocycles. The molecule has 12 heteroatoms. The Kier molecular flexibility index (Phi) is 17.9. The number of rotatable bonds is 22. The molecule has 0 aromatic heterocycles. The third-order valence-corrected chi connectivity index (χ3v) is 11.7. The number of amides is 4. The van der Waals surface area contributed by atoms with Crippen molar-refractivity contribution in [3.63, 3.8) is 0 Å². The smallest absolute Gasteiger partial charge is 0.329 e. The van der Waals surface area contributed by atoms with Gasteiger partial charge >= 0.3 is 11.9 Å². The second kappa shape index (κ2) is 24.4. The zero-order valence-corrected chi connectivity index (χ0v) is 36.0. The summed E-state index contributed by atoms with van der Waals surface area (Å²) < 4.78 is 11.2. The van der Waals surface area contributed by atoms with E-state index >= 15 is 0 Å². The van der Waals surface area contributed by atoms with Gasteiger partial charge in [0, 0.05) is 38.8 Å². The van der Waals surface area contributed by atoms with E-state index in [9.17, 15) is 28.8 Å². The van der Waals surface area contributed by atoms with E-state index in [-0.39, 0.29) is 49.7 Å². The summed E-state index contributed by atoms with van der Waals surface area (Å²) in [6, 6.07) is 34.8. The van der Waals surface area contributed by atoms with Gasteiger partial charge in [-0.3, -0.25) is 19.2 Å². The number of carbonyl (C=O) groups is 6. The van der Waals surface area contributed by atoms with Crippen molar-refractivity contribution in [1.29, 1.82) is 0 Å². The highest BCUT2D eigenvalue weighted by molar-refractivity contribution is 5.92. The molecule has 0 aliphatic carbocycles. The normalized spacial score (nSPS) is 16.8. The number of ether oxygens (including phenoxy) is 2. The molecule has 2 saturated heterocycles. The molecular formula is C51H60N4O8. The molecule has 0 radical (unpaired) electrons. The summed E-state index contributed by atoms with van der Waals surface area (Å²) in [5.74, 6) is -1.93. The predicted molar refractivity (Wildman–Crippen MR) is 238 cm³/mol. The summed E-state index contributed by atoms with van der Waals surface area (Å²) >= 11 is 0. The molecule has 0 unspecified atom stereocenters. The fourth-order valence-corrected chi connectivity index (χ4v) is 8.34. The molecule has 63 heavy (non-hydrogen) atoms. The second-order valence-electron chi connectivity index (χ2n) is 16.5. The van der Waals surface area contributed by atoms with Crippen LogP contribution in [0.3, 0.4) is 0 Å². The van der Waals surface area contributed by atoms with Gasteiger partial charge in [0.05, 0.1) is 0 Å². The van der Waals surface area contributed by atoms with Crippen LogP contribution in [-0.2, 0) is 64.3 Å². The molecule has 4 amide bonds. The first-order valence-corrected chi connectivity index (χ1v) is 22.4. The van der Waals surface area contributed by atoms with Gasteiger partial charge in [-0.15, -0.1) is 0 Å². The minimum Gasteiger partial charge on any atom is -0.459 e. The largest absolute Gasteiger partial charge is 0.459 e. The van der Waals surface area contributed by atoms with E-state index in [1.54, 1.807) is 9.80 Å². The fourth-order valence-electron chi connectivity index (χ4n) is 8.34. The van der Waals surface area contributed by atoms with Crippen molar-refractivity contribution < 1.29 is 38.2 Å². The third-order valence-electron chi connectivity index (χ3n) is 11.7. The Labute approximate surface area is 370 Å². The number of unbranched alkanes of at least 4 members (excludes halogenated alkanes) is 4. The van der Waals surface area contributed by atoms with Gasteiger partial charge in [0.15, 0.2) is 0 Å². The van der Waals surface area contributed by atoms with Gasteiger partial charge in [0.25, 0.3) is 0 Å². The first-order chi connectivity index (χ1) is 30.7. The van der Waals surface area contributed by atoms with Crippen LogP contribution in [0.1, 0.15) is 92.9 Å². The van der Waals surface area contributed by atoms with Crippen molar-refractivity contribution in [3.05, 3.63) is 144 Å². The molecule has 0 saturated carbocycles. The lowest BCUT2D eigenvalue weighted by Crippen LogP contribution is -2.52. The van der Waals surface area contributed by atoms with Gasteiger partial charge in [-0.2, -0.15) is 0 Å². The maximum absolute atomic E-state index is 14.0. The van der Waals surface area contributed by atoms with Crippen LogP contribution in [0.5, 0.6) is 0 Å². The SMILES string of the molecule is O=C(CCCCCCCC(=O)N[C@@H](Cc1ccccc1)C(=O)N1CCC[C@@H]1C(=O)OCc1ccccc1)N[C@@H](Cc1ccccc1)C(=O)N1CCC[C@@H]1C(=O)OCc1ccccc1. The lowest BCUT2D eigenvalue weighted by Gasteiger charge is -2.28. The van der Waals surface area contributed by atoms with Crippen LogP contribution in [0.25, 0.3) is 0 Å². The number of nitrogens with zero attached hydrogens (tertiary/aromatic N) is 2. The lowest BCUT2D eigenvalue weighted by atomic mass is 10.0. The minimum absolute atomic E-state index is 0.127. The van der Waals surface area contributed by atoms with Crippen molar-refractivity contribution in [2.75, 3.05) is 13.1 Å². The van der Waals surface area contributed by atoms with Crippen molar-refractivity contribution in [1.82, 2.24) is 20.4 Å². The summed E-state index contributed by atoms with van der Waals surface area (Å²) in [4.78, 5) is 83.9. The first kappa shape index (κ1) is 46.2. The van der Waals surface area contributed by atoms with E-state index in [1.165, 1.54) is 0 Å². The molecule has 332 valence electrons. The maximum Gasteiger partial charge on any atom is 0.329 e. The van der Waals surface area contributed by atoms with Crippen molar-refractivity contribution in [3.8, 4) is 0 Å². The molecule has 12 nitrogen and oxygen atoms in total. The third kappa shape index (κ3) is 14.4. The van der Waals surface area contributed by atoms with Crippen LogP contribution < -0.4 is 10.6 Å². The fraction of sp³-hybridized carbons (Fsp3) is 0.412. The Morgan fingerprint density at radius 3 is 1.17 bits per heavy atom. The van der Waals surface area contributed by atoms with Crippen molar-refractivity contribution in [2.45, 2.75) is 121 Å². The van der Waals surface area contributed by atoms with Crippen LogP contribution in [0.2, 0.25) is 0 Å². The topological polar surface area (TPSA) is 151 Å². The molecule has 0 spiro atoms. The predicted octanol–water partition coefficient (Wildman–Crippen LogP) is 6.64. The number of esters is 2. The van der Waals surface area contributed by atoms with Gasteiger partial charge in [-0.25, -0.2) is 9.59 Å². The van der Waals surface area contributed by atoms with Crippen LogP contribution >= 0.6 is 0 Å². The minimum atomic E-state index is -0.830. The van der Waals surface area contributed by atoms with E-state index < -0.39 is 36.1 Å². The van der Waals surface area contributed by atoms with Crippen molar-refractivity contribution >= 4 is 35.6 Å². The van der Waals surface area contributed by atoms with Crippen molar-refractivity contribution in [2.24, 2.45) is 0 Å². The Hall–Kier alpha value is -6.30. The molecule has 6 rings (SSSR count). The monoisotopic (exact) mass is 856 g/mol. The lowest BCUT2D eigenvalue weighted by molar-refractivity contribution is -0.155. The van der Waals surface area contributed by atoms with Gasteiger partial charge in [-0.1, -0.05) is 141 Å². The Balaban J connectivity index is 0.940. The molecule has 2 aliphatic heterocycles. The molecule has 2 fully saturated rings. The van der Waals surface area contributed by atoms with E-state index in [2.05, 4.69) is 10.6 Å². The Morgan fingerprint density at radius 1 is 0.476 bits per heavy atom. The number of nitrogens with one attached hydrogen (secondary N) is 2. The number of likely N-dealkylation sites (tertiary alicyclic amines) is 2. The van der Waals surface area contributed by atoms with E-state index in [0.29, 0.717) is 64.5 Å². The molecule has 4 aromatic carbocycles. The van der Waals surface area contributed by atoms with Crippen LogP contribution in [-0.4, -0.2) is 82.6 Å². The van der Waals surface area contributed by atoms with Gasteiger partial charge < -0.3 is 29.9 Å². The zero-order valence-electron chi connectivity index (χ0n) is 36.0. The second-order valence-corrected chi connectivity index (χ2v) is 16.5. The summed E-state index contributed by atoms with van der Waals surface area (Å²) in [7, 11) is 0. The summed E-state index contributed by atoms with van der Waals surface area (Å²) in [5.41, 5.74) is 3.54. The summed E-state index contributed by atoms with van der Waals surface area (Å²) in [6.07, 6.45) is 6.99. The van der Waals surface area contributed by atoms with E-state index in [4.69, 9.17) is 9.47 Å². The van der Waals surface area contributed by atoms with Gasteiger partial charge in [-0.05, 0) is 60.8 Å². The first-order valence-electron chi connectivity index (χ1n) is 22.4. The summed E-state index contributed by atoms with van der Waals surface area (Å²) in [6.45, 7) is 1.08. The standard InChI is InChI=1S/C51H60N4O8/c56-46(52-42(34-38-20-8-4-9-21-38)48(58)54-32-18-28-44(54)50(60)62-36-40-24-12-6-13-25-40)30-16-2-1-3-17-31-47(57)53-43(35-39-22-10-5-11-23-39)49(59)55-33-19-29-45(55)51(61)63-37-41-26-14-7-15-27-41/h4-15,20-27,42-45H,1-3,16-19,28-37H2,(H,52,56)(H,53,57)/t42-,43-,44+,45+/m0/s1. The van der Waals surface area contributed by atoms with Crippen LogP contribution in [0, 0.1) is 0 Å². The van der Waals surface area contributed by atoms with E-state index in [0.717, 1.165) is 41.5 Å². The van der Waals surface area contributed by atoms with Crippen LogP contribution in [0.4, 0.5) is 0 Å². The molecule has 2 N–H and O–H groups in total. The highest BCUT2D eigenvalue weighted by atomic mass is 16.5. The number of hydrogen-bond donors (Lipinski definition) is 2. The van der Waals surface area contributed by atoms with E-state index in [1.807, 2.05) is 121 Å². The molecular weight excluding hydrogens is 797 g/mol. The molecule has 2 aliphatic rings. The number of benzene rings is 4. The quantitative estimate of drug-likeness (QED) is 0.0660. The number of hydrogen-bond acceptors (Lipinski definition) is 8. The Morgan fingerprint density at radius 2 is 0.810 bits per heavy atom. The maximum atomic E-state index is 14.0. The molecule has 4 atom stereocenters. The molecule has 4 aromatic rings. The number of carbonyl (C=O) groups excluding carboxylic acids is 6. The highest BCUT2D eigenvalue weighted by Crippen LogP contribution is 2.23. The highest BCUT2D eigenvalue weighted by Gasteiger charge is 2.40. The van der Waals surface area contributed by atoms with Gasteiger partial charge in [0.1, 0.15) is 37.4 Å². The summed E-state index contributed by atoms with van der Waals surface area (Å²) in [5, 5.41) is 5.94. The van der Waals surface area contributed by atoms with Gasteiger partial charge in [0.2, 0.25) is 23.6 Å². The molecule has 0 bridgehead atoms. The Bertz CT molecular complexity index is 1940. The van der Waals surface area contributed by atoms with Crippen LogP contribution in [0.15, 0.2) is 121 Å². The average molecular weight is 857 g/mol. The average Bonchev–Trinajstić information content (AvgIpc) is 4.02. The zero-order chi connectivity index (χ0) is 44.2.